The molecule has 0 aliphatic heterocycles. The molecule has 0 fully saturated rings. The summed E-state index contributed by atoms with van der Waals surface area (Å²) in [5.74, 6) is 0. The minimum absolute atomic E-state index is 0.785. The maximum absolute atomic E-state index is 4.10. The van der Waals surface area contributed by atoms with Gasteiger partial charge in [-0.25, -0.2) is 9.97 Å². The summed E-state index contributed by atoms with van der Waals surface area (Å²) < 4.78 is 1.75. The van der Waals surface area contributed by atoms with Gasteiger partial charge in [0.1, 0.15) is 0 Å². The molecule has 0 saturated heterocycles. The molecular formula is C5H4BrIN2. The van der Waals surface area contributed by atoms with Crippen molar-refractivity contribution in [2.24, 2.45) is 0 Å². The fourth-order valence-electron chi connectivity index (χ4n) is 0.424. The summed E-state index contributed by atoms with van der Waals surface area (Å²) in [5, 5.41) is 0. The molecule has 1 aromatic heterocycles. The molecule has 9 heavy (non-hydrogen) atoms. The maximum Gasteiger partial charge on any atom is 0.190 e. The second kappa shape index (κ2) is 2.92. The van der Waals surface area contributed by atoms with Crippen molar-refractivity contribution in [1.82, 2.24) is 9.97 Å². The van der Waals surface area contributed by atoms with Crippen LogP contribution >= 0.6 is 38.5 Å². The van der Waals surface area contributed by atoms with Crippen LogP contribution in [0.1, 0.15) is 5.69 Å². The lowest BCUT2D eigenvalue weighted by atomic mass is 10.5. The minimum atomic E-state index is 0.785. The zero-order chi connectivity index (χ0) is 6.85. The highest BCUT2D eigenvalue weighted by Crippen LogP contribution is 2.11. The SMILES string of the molecule is Cc1nc(I)ncc1Br. The van der Waals surface area contributed by atoms with Crippen molar-refractivity contribution in [3.05, 3.63) is 20.2 Å². The Morgan fingerprint density at radius 1 is 1.67 bits per heavy atom. The lowest BCUT2D eigenvalue weighted by Gasteiger charge is -1.93. The monoisotopic (exact) mass is 298 g/mol. The lowest BCUT2D eigenvalue weighted by Crippen LogP contribution is -1.89. The molecule has 0 amide bonds. The van der Waals surface area contributed by atoms with Gasteiger partial charge < -0.3 is 0 Å². The van der Waals surface area contributed by atoms with Crippen LogP contribution in [0.4, 0.5) is 0 Å². The molecular weight excluding hydrogens is 295 g/mol. The molecule has 1 aromatic rings. The van der Waals surface area contributed by atoms with Gasteiger partial charge in [0.2, 0.25) is 0 Å². The molecule has 2 nitrogen and oxygen atoms in total. The third kappa shape index (κ3) is 1.86. The molecule has 1 rings (SSSR count). The van der Waals surface area contributed by atoms with Crippen LogP contribution in [0.3, 0.4) is 0 Å². The number of aromatic nitrogens is 2. The molecule has 0 aliphatic carbocycles. The van der Waals surface area contributed by atoms with Crippen molar-refractivity contribution < 1.29 is 0 Å². The van der Waals surface area contributed by atoms with Crippen LogP contribution in [0.15, 0.2) is 10.7 Å². The van der Waals surface area contributed by atoms with Crippen molar-refractivity contribution in [3.8, 4) is 0 Å². The predicted molar refractivity (Wildman–Crippen MR) is 47.2 cm³/mol. The Hall–Kier alpha value is 0.290. The lowest BCUT2D eigenvalue weighted by molar-refractivity contribution is 1.04. The topological polar surface area (TPSA) is 25.8 Å². The number of hydrogen-bond acceptors (Lipinski definition) is 2. The van der Waals surface area contributed by atoms with E-state index in [1.54, 1.807) is 6.20 Å². The van der Waals surface area contributed by atoms with Gasteiger partial charge in [-0.3, -0.25) is 0 Å². The zero-order valence-corrected chi connectivity index (χ0v) is 8.47. The molecule has 4 heteroatoms. The average molecular weight is 299 g/mol. The Morgan fingerprint density at radius 3 is 2.78 bits per heavy atom. The van der Waals surface area contributed by atoms with Crippen LogP contribution < -0.4 is 0 Å². The van der Waals surface area contributed by atoms with Crippen molar-refractivity contribution >= 4 is 38.5 Å². The van der Waals surface area contributed by atoms with Gasteiger partial charge in [-0.15, -0.1) is 0 Å². The number of aryl methyl sites for hydroxylation is 1. The van der Waals surface area contributed by atoms with Gasteiger partial charge >= 0.3 is 0 Å². The summed E-state index contributed by atoms with van der Waals surface area (Å²) in [7, 11) is 0. The Kier molecular flexibility index (Phi) is 2.40. The summed E-state index contributed by atoms with van der Waals surface area (Å²) >= 11 is 5.38. The predicted octanol–water partition coefficient (Wildman–Crippen LogP) is 2.15. The van der Waals surface area contributed by atoms with Gasteiger partial charge in [0, 0.05) is 28.8 Å². The van der Waals surface area contributed by atoms with E-state index in [0.717, 1.165) is 14.0 Å². The number of halogens is 2. The Bertz CT molecular complexity index is 226. The van der Waals surface area contributed by atoms with Crippen molar-refractivity contribution in [2.45, 2.75) is 6.92 Å². The van der Waals surface area contributed by atoms with Crippen molar-refractivity contribution in [2.75, 3.05) is 0 Å². The van der Waals surface area contributed by atoms with Crippen LogP contribution in [-0.4, -0.2) is 9.97 Å². The van der Waals surface area contributed by atoms with Gasteiger partial charge in [0.05, 0.1) is 10.2 Å². The summed E-state index contributed by atoms with van der Waals surface area (Å²) in [5.41, 5.74) is 0.981. The van der Waals surface area contributed by atoms with Crippen LogP contribution in [0, 0.1) is 10.8 Å². The highest BCUT2D eigenvalue weighted by atomic mass is 127. The van der Waals surface area contributed by atoms with E-state index in [2.05, 4.69) is 48.5 Å². The van der Waals surface area contributed by atoms with E-state index < -0.39 is 0 Å². The first-order chi connectivity index (χ1) is 4.20. The Labute approximate surface area is 75.4 Å². The molecule has 0 spiro atoms. The number of hydrogen-bond donors (Lipinski definition) is 0. The maximum atomic E-state index is 4.10. The summed E-state index contributed by atoms with van der Waals surface area (Å²) in [6.45, 7) is 1.94. The second-order valence-corrected chi connectivity index (χ2v) is 3.39. The largest absolute Gasteiger partial charge is 0.230 e. The number of nitrogens with zero attached hydrogens (tertiary/aromatic N) is 2. The molecule has 0 bridgehead atoms. The fourth-order valence-corrected chi connectivity index (χ4v) is 1.12. The Morgan fingerprint density at radius 2 is 2.33 bits per heavy atom. The summed E-state index contributed by atoms with van der Waals surface area (Å²) in [4.78, 5) is 8.07. The minimum Gasteiger partial charge on any atom is -0.230 e. The smallest absolute Gasteiger partial charge is 0.190 e. The normalized spacial score (nSPS) is 9.67. The van der Waals surface area contributed by atoms with E-state index in [9.17, 15) is 0 Å². The van der Waals surface area contributed by atoms with Crippen LogP contribution in [0.2, 0.25) is 0 Å². The van der Waals surface area contributed by atoms with E-state index in [1.807, 2.05) is 6.92 Å². The number of rotatable bonds is 0. The zero-order valence-electron chi connectivity index (χ0n) is 4.73. The second-order valence-electron chi connectivity index (χ2n) is 1.57. The highest BCUT2D eigenvalue weighted by Gasteiger charge is 1.94. The first kappa shape index (κ1) is 7.40. The molecule has 0 N–H and O–H groups in total. The van der Waals surface area contributed by atoms with Gasteiger partial charge in [0.15, 0.2) is 3.83 Å². The van der Waals surface area contributed by atoms with Crippen LogP contribution in [0.25, 0.3) is 0 Å². The molecule has 48 valence electrons. The highest BCUT2D eigenvalue weighted by molar-refractivity contribution is 14.1. The summed E-state index contributed by atoms with van der Waals surface area (Å²) in [6.07, 6.45) is 1.75. The van der Waals surface area contributed by atoms with Crippen molar-refractivity contribution in [3.63, 3.8) is 0 Å². The van der Waals surface area contributed by atoms with Crippen molar-refractivity contribution in [1.29, 1.82) is 0 Å². The van der Waals surface area contributed by atoms with Gasteiger partial charge in [-0.05, 0) is 22.9 Å². The summed E-state index contributed by atoms with van der Waals surface area (Å²) in [6, 6.07) is 0. The third-order valence-corrected chi connectivity index (χ3v) is 2.19. The third-order valence-electron chi connectivity index (χ3n) is 0.890. The first-order valence-corrected chi connectivity index (χ1v) is 4.22. The molecule has 1 heterocycles. The molecule has 0 unspecified atom stereocenters. The fraction of sp³-hybridized carbons (Fsp3) is 0.200. The van der Waals surface area contributed by atoms with E-state index in [0.29, 0.717) is 0 Å². The molecule has 0 atom stereocenters. The van der Waals surface area contributed by atoms with Crippen LogP contribution in [-0.2, 0) is 0 Å². The average Bonchev–Trinajstić information content (AvgIpc) is 1.80. The van der Waals surface area contributed by atoms with Crippen LogP contribution in [0.5, 0.6) is 0 Å². The van der Waals surface area contributed by atoms with E-state index in [4.69, 9.17) is 0 Å². The quantitative estimate of drug-likeness (QED) is 0.542. The van der Waals surface area contributed by atoms with Gasteiger partial charge in [-0.1, -0.05) is 0 Å². The molecule has 0 saturated carbocycles. The molecule has 0 radical (unpaired) electrons. The van der Waals surface area contributed by atoms with E-state index in [-0.39, 0.29) is 0 Å². The molecule has 0 aliphatic rings. The standard InChI is InChI=1S/C5H4BrIN2/c1-3-4(6)2-8-5(7)9-3/h2H,1H3. The van der Waals surface area contributed by atoms with E-state index in [1.165, 1.54) is 0 Å². The molecule has 0 aromatic carbocycles. The Balaban J connectivity index is 3.17. The first-order valence-electron chi connectivity index (χ1n) is 2.35. The van der Waals surface area contributed by atoms with Gasteiger partial charge in [-0.2, -0.15) is 0 Å². The van der Waals surface area contributed by atoms with E-state index >= 15 is 0 Å². The van der Waals surface area contributed by atoms with Gasteiger partial charge in [0.25, 0.3) is 0 Å².